The van der Waals surface area contributed by atoms with Crippen molar-refractivity contribution in [2.45, 2.75) is 13.1 Å². The molecule has 2 aromatic rings. The van der Waals surface area contributed by atoms with Gasteiger partial charge in [-0.2, -0.15) is 5.26 Å². The topological polar surface area (TPSA) is 64.9 Å². The van der Waals surface area contributed by atoms with Crippen LogP contribution in [0.15, 0.2) is 72.4 Å². The van der Waals surface area contributed by atoms with Gasteiger partial charge < -0.3 is 10.6 Å². The normalized spacial score (nSPS) is 10.6. The lowest BCUT2D eigenvalue weighted by molar-refractivity contribution is -0.117. The highest BCUT2D eigenvalue weighted by molar-refractivity contribution is 5.97. The number of nitrogens with one attached hydrogen (secondary N) is 2. The Balaban J connectivity index is 1.86. The van der Waals surface area contributed by atoms with Gasteiger partial charge in [0.2, 0.25) is 0 Å². The maximum absolute atomic E-state index is 11.9. The molecule has 0 unspecified atom stereocenters. The van der Waals surface area contributed by atoms with E-state index in [4.69, 9.17) is 5.26 Å². The van der Waals surface area contributed by atoms with Crippen molar-refractivity contribution in [2.24, 2.45) is 0 Å². The van der Waals surface area contributed by atoms with Crippen LogP contribution in [0.5, 0.6) is 0 Å². The highest BCUT2D eigenvalue weighted by Crippen LogP contribution is 2.00. The van der Waals surface area contributed by atoms with E-state index in [1.807, 2.05) is 66.7 Å². The molecule has 0 bridgehead atoms. The van der Waals surface area contributed by atoms with Crippen LogP contribution in [0.4, 0.5) is 0 Å². The van der Waals surface area contributed by atoms with E-state index in [2.05, 4.69) is 10.6 Å². The SMILES string of the molecule is N#C/C(=C/NCc1ccccc1)C(=O)NCc1ccccc1. The smallest absolute Gasteiger partial charge is 0.263 e. The van der Waals surface area contributed by atoms with Gasteiger partial charge in [0.25, 0.3) is 5.91 Å². The van der Waals surface area contributed by atoms with Crippen molar-refractivity contribution in [1.29, 1.82) is 5.26 Å². The molecule has 22 heavy (non-hydrogen) atoms. The molecule has 4 nitrogen and oxygen atoms in total. The molecule has 4 heteroatoms. The summed E-state index contributed by atoms with van der Waals surface area (Å²) in [6.07, 6.45) is 1.45. The highest BCUT2D eigenvalue weighted by atomic mass is 16.1. The number of nitriles is 1. The quantitative estimate of drug-likeness (QED) is 0.635. The fraction of sp³-hybridized carbons (Fsp3) is 0.111. The standard InChI is InChI=1S/C18H17N3O/c19-11-17(14-20-12-15-7-3-1-4-8-15)18(22)21-13-16-9-5-2-6-10-16/h1-10,14,20H,12-13H2,(H,21,22)/b17-14-. The maximum atomic E-state index is 11.9. The van der Waals surface area contributed by atoms with Crippen molar-refractivity contribution in [1.82, 2.24) is 10.6 Å². The molecule has 2 aromatic carbocycles. The average molecular weight is 291 g/mol. The fourth-order valence-electron chi connectivity index (χ4n) is 1.89. The minimum absolute atomic E-state index is 0.0619. The summed E-state index contributed by atoms with van der Waals surface area (Å²) < 4.78 is 0. The van der Waals surface area contributed by atoms with E-state index >= 15 is 0 Å². The van der Waals surface area contributed by atoms with Crippen LogP contribution in [0.2, 0.25) is 0 Å². The zero-order valence-electron chi connectivity index (χ0n) is 12.1. The van der Waals surface area contributed by atoms with Crippen molar-refractivity contribution in [2.75, 3.05) is 0 Å². The number of nitrogens with zero attached hydrogens (tertiary/aromatic N) is 1. The van der Waals surface area contributed by atoms with E-state index in [0.717, 1.165) is 11.1 Å². The summed E-state index contributed by atoms with van der Waals surface area (Å²) in [5.74, 6) is -0.382. The van der Waals surface area contributed by atoms with Gasteiger partial charge in [0, 0.05) is 19.3 Å². The molecular formula is C18H17N3O. The first-order valence-corrected chi connectivity index (χ1v) is 6.99. The number of hydrogen-bond donors (Lipinski definition) is 2. The Morgan fingerprint density at radius 2 is 1.50 bits per heavy atom. The van der Waals surface area contributed by atoms with Crippen molar-refractivity contribution in [3.05, 3.63) is 83.6 Å². The van der Waals surface area contributed by atoms with Gasteiger partial charge in [0.05, 0.1) is 0 Å². The van der Waals surface area contributed by atoms with Gasteiger partial charge in [0.15, 0.2) is 0 Å². The average Bonchev–Trinajstić information content (AvgIpc) is 2.58. The molecule has 0 heterocycles. The van der Waals surface area contributed by atoms with Gasteiger partial charge in [-0.05, 0) is 11.1 Å². The second kappa shape index (κ2) is 8.28. The van der Waals surface area contributed by atoms with Gasteiger partial charge >= 0.3 is 0 Å². The molecule has 0 aliphatic carbocycles. The minimum atomic E-state index is -0.382. The van der Waals surface area contributed by atoms with Crippen LogP contribution in [-0.4, -0.2) is 5.91 Å². The van der Waals surface area contributed by atoms with E-state index in [1.54, 1.807) is 0 Å². The Labute approximate surface area is 130 Å². The Bertz CT molecular complexity index is 672. The van der Waals surface area contributed by atoms with E-state index in [0.29, 0.717) is 13.1 Å². The van der Waals surface area contributed by atoms with Crippen LogP contribution >= 0.6 is 0 Å². The maximum Gasteiger partial charge on any atom is 0.263 e. The second-order valence-corrected chi connectivity index (χ2v) is 4.70. The molecule has 0 saturated carbocycles. The predicted molar refractivity (Wildman–Crippen MR) is 85.3 cm³/mol. The first kappa shape index (κ1) is 15.3. The van der Waals surface area contributed by atoms with E-state index in [1.165, 1.54) is 6.20 Å². The van der Waals surface area contributed by atoms with E-state index in [9.17, 15) is 4.79 Å². The number of carbonyl (C=O) groups excluding carboxylic acids is 1. The monoisotopic (exact) mass is 291 g/mol. The first-order valence-electron chi connectivity index (χ1n) is 6.99. The molecule has 0 saturated heterocycles. The number of amides is 1. The first-order chi connectivity index (χ1) is 10.8. The summed E-state index contributed by atoms with van der Waals surface area (Å²) in [4.78, 5) is 11.9. The molecule has 0 fully saturated rings. The summed E-state index contributed by atoms with van der Waals surface area (Å²) in [6, 6.07) is 21.3. The molecular weight excluding hydrogens is 274 g/mol. The Kier molecular flexibility index (Phi) is 5.77. The lowest BCUT2D eigenvalue weighted by Crippen LogP contribution is -2.25. The zero-order valence-corrected chi connectivity index (χ0v) is 12.1. The predicted octanol–water partition coefficient (Wildman–Crippen LogP) is 2.50. The van der Waals surface area contributed by atoms with Crippen molar-refractivity contribution in [3.8, 4) is 6.07 Å². The third-order valence-electron chi connectivity index (χ3n) is 3.06. The van der Waals surface area contributed by atoms with Crippen LogP contribution in [0.3, 0.4) is 0 Å². The van der Waals surface area contributed by atoms with E-state index < -0.39 is 0 Å². The molecule has 0 atom stereocenters. The fourth-order valence-corrected chi connectivity index (χ4v) is 1.89. The third kappa shape index (κ3) is 4.80. The molecule has 0 spiro atoms. The van der Waals surface area contributed by atoms with Crippen LogP contribution in [0.1, 0.15) is 11.1 Å². The zero-order chi connectivity index (χ0) is 15.6. The van der Waals surface area contributed by atoms with Crippen LogP contribution in [-0.2, 0) is 17.9 Å². The molecule has 1 amide bonds. The van der Waals surface area contributed by atoms with Gasteiger partial charge in [0.1, 0.15) is 11.6 Å². The number of rotatable bonds is 6. The van der Waals surface area contributed by atoms with Crippen LogP contribution in [0.25, 0.3) is 0 Å². The van der Waals surface area contributed by atoms with Gasteiger partial charge in [-0.15, -0.1) is 0 Å². The van der Waals surface area contributed by atoms with E-state index in [-0.39, 0.29) is 11.5 Å². The minimum Gasteiger partial charge on any atom is -0.386 e. The summed E-state index contributed by atoms with van der Waals surface area (Å²) in [7, 11) is 0. The number of carbonyl (C=O) groups is 1. The van der Waals surface area contributed by atoms with Crippen LogP contribution in [0, 0.1) is 11.3 Å². The summed E-state index contributed by atoms with van der Waals surface area (Å²) >= 11 is 0. The number of benzene rings is 2. The summed E-state index contributed by atoms with van der Waals surface area (Å²) in [6.45, 7) is 0.968. The third-order valence-corrected chi connectivity index (χ3v) is 3.06. The summed E-state index contributed by atoms with van der Waals surface area (Å²) in [5, 5.41) is 14.8. The summed E-state index contributed by atoms with van der Waals surface area (Å²) in [5.41, 5.74) is 2.14. The number of hydrogen-bond acceptors (Lipinski definition) is 3. The van der Waals surface area contributed by atoms with Gasteiger partial charge in [-0.25, -0.2) is 0 Å². The molecule has 0 radical (unpaired) electrons. The van der Waals surface area contributed by atoms with Gasteiger partial charge in [-0.3, -0.25) is 4.79 Å². The Hall–Kier alpha value is -3.06. The Morgan fingerprint density at radius 1 is 0.955 bits per heavy atom. The molecule has 2 rings (SSSR count). The largest absolute Gasteiger partial charge is 0.386 e. The molecule has 0 aromatic heterocycles. The molecule has 0 aliphatic heterocycles. The highest BCUT2D eigenvalue weighted by Gasteiger charge is 2.07. The molecule has 110 valence electrons. The second-order valence-electron chi connectivity index (χ2n) is 4.70. The molecule has 0 aliphatic rings. The van der Waals surface area contributed by atoms with Crippen molar-refractivity contribution >= 4 is 5.91 Å². The Morgan fingerprint density at radius 3 is 2.05 bits per heavy atom. The molecule has 2 N–H and O–H groups in total. The van der Waals surface area contributed by atoms with Crippen molar-refractivity contribution in [3.63, 3.8) is 0 Å². The van der Waals surface area contributed by atoms with Gasteiger partial charge in [-0.1, -0.05) is 60.7 Å². The van der Waals surface area contributed by atoms with Crippen LogP contribution < -0.4 is 10.6 Å². The lowest BCUT2D eigenvalue weighted by Gasteiger charge is -2.05. The lowest BCUT2D eigenvalue weighted by atomic mass is 10.2. The van der Waals surface area contributed by atoms with Crippen molar-refractivity contribution < 1.29 is 4.79 Å².